The van der Waals surface area contributed by atoms with Crippen LogP contribution in [0.5, 0.6) is 0 Å². The normalized spacial score (nSPS) is 14.7. The van der Waals surface area contributed by atoms with Gasteiger partial charge in [-0.1, -0.05) is 52.3 Å². The number of aromatic amines is 1. The topological polar surface area (TPSA) is 350 Å². The summed E-state index contributed by atoms with van der Waals surface area (Å²) in [4.78, 5) is 100. The molecule has 0 aliphatic carbocycles. The van der Waals surface area contributed by atoms with Crippen molar-refractivity contribution in [2.24, 2.45) is 45.5 Å². The van der Waals surface area contributed by atoms with Gasteiger partial charge in [0.2, 0.25) is 41.4 Å². The highest BCUT2D eigenvalue weighted by molar-refractivity contribution is 5.97. The number of carbonyl (C=O) groups is 7. The average Bonchev–Trinajstić information content (AvgIpc) is 3.60. The number of aliphatic imine (C=N–C) groups is 1. The summed E-state index contributed by atoms with van der Waals surface area (Å²) in [6.07, 6.45) is 3.92. The van der Waals surface area contributed by atoms with Crippen molar-refractivity contribution < 1.29 is 33.6 Å². The fourth-order valence-electron chi connectivity index (χ4n) is 6.31. The maximum atomic E-state index is 14.1. The molecule has 7 atom stereocenters. The standard InChI is InChI=1S/C40H67N13O7/c1-6-23(4)33(53-32(54)21-48-35(56)24(5)42)39(60)52-31(18-22(2)3)38(59)50-28(14-9-10-16-41)36(57)49-29(15-11-17-46-40(44)45)37(58)51-30(34(43)55)19-25-20-47-27-13-8-7-12-26(25)27/h7-8,12-13,20,22-24,28-31,33,47H,6,9-11,14-19,21,41-42H2,1-5H3,(H2,43,55)(H,48,56)(H,49,57)(H,50,59)(H,51,58)(H,52,60)(H,53,54)(H4,44,45,46)/t23-,24-,28-,29-,30-,31-,33-/m1/s1. The van der Waals surface area contributed by atoms with Crippen LogP contribution in [0.25, 0.3) is 10.9 Å². The van der Waals surface area contributed by atoms with Crippen molar-refractivity contribution in [1.29, 1.82) is 0 Å². The number of fused-ring (bicyclic) bond motifs is 1. The van der Waals surface area contributed by atoms with Crippen LogP contribution in [0.4, 0.5) is 0 Å². The number of rotatable bonds is 27. The molecule has 0 fully saturated rings. The molecule has 0 spiro atoms. The van der Waals surface area contributed by atoms with Crippen LogP contribution in [0.2, 0.25) is 0 Å². The lowest BCUT2D eigenvalue weighted by Crippen LogP contribution is -2.60. The molecule has 2 rings (SSSR count). The number of carbonyl (C=O) groups excluding carboxylic acids is 7. The molecule has 60 heavy (non-hydrogen) atoms. The Morgan fingerprint density at radius 3 is 1.88 bits per heavy atom. The van der Waals surface area contributed by atoms with Crippen molar-refractivity contribution in [3.8, 4) is 0 Å². The first-order valence-electron chi connectivity index (χ1n) is 20.5. The highest BCUT2D eigenvalue weighted by Gasteiger charge is 2.34. The Kier molecular flexibility index (Phi) is 21.6. The van der Waals surface area contributed by atoms with Crippen LogP contribution in [-0.2, 0) is 40.0 Å². The van der Waals surface area contributed by atoms with Gasteiger partial charge in [0, 0.05) is 30.1 Å². The van der Waals surface area contributed by atoms with Crippen molar-refractivity contribution in [2.45, 2.75) is 122 Å². The molecule has 17 N–H and O–H groups in total. The smallest absolute Gasteiger partial charge is 0.243 e. The number of unbranched alkanes of at least 4 members (excludes halogenated alkanes) is 1. The summed E-state index contributed by atoms with van der Waals surface area (Å²) >= 11 is 0. The van der Waals surface area contributed by atoms with Crippen LogP contribution >= 0.6 is 0 Å². The molecule has 0 saturated heterocycles. The van der Waals surface area contributed by atoms with Gasteiger partial charge in [-0.05, 0) is 75.5 Å². The summed E-state index contributed by atoms with van der Waals surface area (Å²) in [7, 11) is 0. The van der Waals surface area contributed by atoms with Gasteiger partial charge in [-0.15, -0.1) is 0 Å². The molecule has 334 valence electrons. The van der Waals surface area contributed by atoms with E-state index in [4.69, 9.17) is 28.7 Å². The van der Waals surface area contributed by atoms with Crippen LogP contribution in [0.3, 0.4) is 0 Å². The number of nitrogens with one attached hydrogen (secondary N) is 7. The Labute approximate surface area is 351 Å². The molecule has 0 aliphatic rings. The Balaban J connectivity index is 2.33. The third-order valence-electron chi connectivity index (χ3n) is 9.91. The fraction of sp³-hybridized carbons (Fsp3) is 0.600. The van der Waals surface area contributed by atoms with Crippen molar-refractivity contribution >= 4 is 58.2 Å². The fourth-order valence-corrected chi connectivity index (χ4v) is 6.31. The zero-order valence-corrected chi connectivity index (χ0v) is 35.5. The van der Waals surface area contributed by atoms with Crippen molar-refractivity contribution in [2.75, 3.05) is 19.6 Å². The summed E-state index contributed by atoms with van der Waals surface area (Å²) in [6, 6.07) is 0.947. The van der Waals surface area contributed by atoms with E-state index in [1.165, 1.54) is 6.92 Å². The Morgan fingerprint density at radius 1 is 0.733 bits per heavy atom. The molecule has 0 aliphatic heterocycles. The predicted molar refractivity (Wildman–Crippen MR) is 229 cm³/mol. The van der Waals surface area contributed by atoms with Gasteiger partial charge in [-0.25, -0.2) is 0 Å². The highest BCUT2D eigenvalue weighted by atomic mass is 16.2. The first-order chi connectivity index (χ1) is 28.4. The summed E-state index contributed by atoms with van der Waals surface area (Å²) in [5, 5.41) is 16.9. The van der Waals surface area contributed by atoms with E-state index in [0.29, 0.717) is 25.8 Å². The SMILES string of the molecule is CC[C@@H](C)[C@@H](NC(=O)CNC(=O)[C@@H](C)N)C(=O)N[C@H](CC(C)C)C(=O)N[C@H](CCCCN)C(=O)N[C@H](CCCN=C(N)N)C(=O)N[C@H](Cc1c[nH]c2ccccc12)C(N)=O. The molecule has 7 amide bonds. The van der Waals surface area contributed by atoms with E-state index in [9.17, 15) is 33.6 Å². The number of hydrogen-bond acceptors (Lipinski definition) is 10. The maximum Gasteiger partial charge on any atom is 0.243 e. The van der Waals surface area contributed by atoms with E-state index in [0.717, 1.165) is 16.5 Å². The molecule has 1 aromatic carbocycles. The first kappa shape index (κ1) is 50.4. The molecule has 2 aromatic rings. The van der Waals surface area contributed by atoms with Gasteiger partial charge in [-0.2, -0.15) is 0 Å². The van der Waals surface area contributed by atoms with Gasteiger partial charge in [0.25, 0.3) is 0 Å². The minimum Gasteiger partial charge on any atom is -0.370 e. The third kappa shape index (κ3) is 17.2. The monoisotopic (exact) mass is 842 g/mol. The second kappa shape index (κ2) is 25.7. The zero-order chi connectivity index (χ0) is 44.9. The minimum absolute atomic E-state index is 0.0556. The van der Waals surface area contributed by atoms with Crippen molar-refractivity contribution in [1.82, 2.24) is 36.9 Å². The minimum atomic E-state index is -1.20. The van der Waals surface area contributed by atoms with E-state index >= 15 is 0 Å². The number of aromatic nitrogens is 1. The van der Waals surface area contributed by atoms with E-state index in [1.807, 2.05) is 45.0 Å². The summed E-state index contributed by atoms with van der Waals surface area (Å²) in [5.74, 6) is -5.22. The van der Waals surface area contributed by atoms with Gasteiger partial charge in [0.05, 0.1) is 12.6 Å². The molecule has 20 heteroatoms. The van der Waals surface area contributed by atoms with Gasteiger partial charge in [0.15, 0.2) is 5.96 Å². The number of para-hydroxylation sites is 1. The van der Waals surface area contributed by atoms with E-state index in [-0.39, 0.29) is 56.4 Å². The number of amides is 7. The first-order valence-corrected chi connectivity index (χ1v) is 20.5. The molecule has 1 heterocycles. The van der Waals surface area contributed by atoms with Crippen LogP contribution in [0, 0.1) is 11.8 Å². The Morgan fingerprint density at radius 2 is 1.32 bits per heavy atom. The largest absolute Gasteiger partial charge is 0.370 e. The summed E-state index contributed by atoms with van der Waals surface area (Å²) in [6.45, 7) is 8.85. The molecule has 0 saturated carbocycles. The van der Waals surface area contributed by atoms with Crippen molar-refractivity contribution in [3.05, 3.63) is 36.0 Å². The van der Waals surface area contributed by atoms with E-state index in [2.05, 4.69) is 41.9 Å². The molecular formula is C40H67N13O7. The van der Waals surface area contributed by atoms with Crippen molar-refractivity contribution in [3.63, 3.8) is 0 Å². The lowest BCUT2D eigenvalue weighted by Gasteiger charge is -2.29. The Hall–Kier alpha value is -5.76. The number of benzene rings is 1. The van der Waals surface area contributed by atoms with Crippen LogP contribution < -0.4 is 60.6 Å². The quantitative estimate of drug-likeness (QED) is 0.0275. The number of nitrogens with two attached hydrogens (primary N) is 5. The van der Waals surface area contributed by atoms with Gasteiger partial charge in [-0.3, -0.25) is 38.6 Å². The van der Waals surface area contributed by atoms with E-state index < -0.39 is 84.1 Å². The number of H-pyrrole nitrogens is 1. The molecule has 0 unspecified atom stereocenters. The molecule has 0 radical (unpaired) electrons. The van der Waals surface area contributed by atoms with Crippen LogP contribution in [0.1, 0.15) is 85.1 Å². The highest BCUT2D eigenvalue weighted by Crippen LogP contribution is 2.19. The second-order valence-electron chi connectivity index (χ2n) is 15.5. The predicted octanol–water partition coefficient (Wildman–Crippen LogP) is -1.64. The number of nitrogens with zero attached hydrogens (tertiary/aromatic N) is 1. The third-order valence-corrected chi connectivity index (χ3v) is 9.91. The lowest BCUT2D eigenvalue weighted by atomic mass is 9.96. The second-order valence-corrected chi connectivity index (χ2v) is 15.5. The zero-order valence-electron chi connectivity index (χ0n) is 35.5. The summed E-state index contributed by atoms with van der Waals surface area (Å²) in [5.41, 5.74) is 29.6. The number of guanidine groups is 1. The van der Waals surface area contributed by atoms with Crippen LogP contribution in [-0.4, -0.2) is 108 Å². The molecular weight excluding hydrogens is 775 g/mol. The molecule has 1 aromatic heterocycles. The molecule has 20 nitrogen and oxygen atoms in total. The van der Waals surface area contributed by atoms with Gasteiger partial charge in [0.1, 0.15) is 30.2 Å². The lowest BCUT2D eigenvalue weighted by molar-refractivity contribution is -0.135. The van der Waals surface area contributed by atoms with E-state index in [1.54, 1.807) is 13.1 Å². The molecule has 0 bridgehead atoms. The average molecular weight is 842 g/mol. The number of primary amides is 1. The maximum absolute atomic E-state index is 14.1. The Bertz CT molecular complexity index is 1780. The number of hydrogen-bond donors (Lipinski definition) is 12. The summed E-state index contributed by atoms with van der Waals surface area (Å²) < 4.78 is 0. The van der Waals surface area contributed by atoms with Crippen LogP contribution in [0.15, 0.2) is 35.5 Å². The van der Waals surface area contributed by atoms with Gasteiger partial charge < -0.3 is 65.6 Å². The van der Waals surface area contributed by atoms with Gasteiger partial charge >= 0.3 is 0 Å².